The molecular weight excluding hydrogens is 316 g/mol. The van der Waals surface area contributed by atoms with Gasteiger partial charge in [-0.05, 0) is 48.7 Å². The van der Waals surface area contributed by atoms with Crippen LogP contribution < -0.4 is 9.47 Å². The first kappa shape index (κ1) is 17.2. The summed E-state index contributed by atoms with van der Waals surface area (Å²) in [5.41, 5.74) is 1.54. The third kappa shape index (κ3) is 4.39. The van der Waals surface area contributed by atoms with Crippen LogP contribution >= 0.6 is 11.6 Å². The zero-order valence-corrected chi connectivity index (χ0v) is 13.8. The van der Waals surface area contributed by atoms with Gasteiger partial charge < -0.3 is 14.6 Å². The van der Waals surface area contributed by atoms with E-state index >= 15 is 0 Å². The van der Waals surface area contributed by atoms with Crippen molar-refractivity contribution in [1.82, 2.24) is 0 Å². The first-order valence-electron chi connectivity index (χ1n) is 7.33. The maximum atomic E-state index is 11.7. The minimum atomic E-state index is -0.886. The van der Waals surface area contributed by atoms with Gasteiger partial charge in [-0.1, -0.05) is 29.8 Å². The van der Waals surface area contributed by atoms with Gasteiger partial charge in [-0.2, -0.15) is 0 Å². The van der Waals surface area contributed by atoms with Gasteiger partial charge in [0.15, 0.2) is 0 Å². The molecule has 2 rings (SSSR count). The summed E-state index contributed by atoms with van der Waals surface area (Å²) < 4.78 is 10.6. The quantitative estimate of drug-likeness (QED) is 0.826. The number of carboxylic acids is 1. The van der Waals surface area contributed by atoms with E-state index in [9.17, 15) is 9.90 Å². The third-order valence-electron chi connectivity index (χ3n) is 3.53. The number of ether oxygens (including phenoxy) is 2. The van der Waals surface area contributed by atoms with Crippen molar-refractivity contribution in [3.8, 4) is 11.5 Å². The van der Waals surface area contributed by atoms with E-state index in [0.29, 0.717) is 35.1 Å². The highest BCUT2D eigenvalue weighted by molar-refractivity contribution is 6.32. The topological polar surface area (TPSA) is 55.8 Å². The average molecular weight is 335 g/mol. The van der Waals surface area contributed by atoms with Gasteiger partial charge in [0.2, 0.25) is 0 Å². The first-order chi connectivity index (χ1) is 11.0. The second-order valence-electron chi connectivity index (χ2n) is 5.07. The lowest BCUT2D eigenvalue weighted by Gasteiger charge is -2.15. The normalized spacial score (nSPS) is 11.8. The van der Waals surface area contributed by atoms with E-state index in [1.165, 1.54) is 0 Å². The molecule has 2 aromatic rings. The summed E-state index contributed by atoms with van der Waals surface area (Å²) in [4.78, 5) is 11.7. The molecule has 0 saturated carbocycles. The lowest BCUT2D eigenvalue weighted by molar-refractivity contribution is -0.138. The van der Waals surface area contributed by atoms with Crippen LogP contribution in [0.25, 0.3) is 0 Å². The molecule has 1 unspecified atom stereocenters. The van der Waals surface area contributed by atoms with E-state index < -0.39 is 11.9 Å². The molecule has 0 bridgehead atoms. The lowest BCUT2D eigenvalue weighted by atomic mass is 9.92. The Bertz CT molecular complexity index is 684. The van der Waals surface area contributed by atoms with Crippen LogP contribution in [0, 0.1) is 0 Å². The number of hydrogen-bond acceptors (Lipinski definition) is 3. The van der Waals surface area contributed by atoms with Crippen molar-refractivity contribution in [3.05, 3.63) is 58.6 Å². The number of benzene rings is 2. The van der Waals surface area contributed by atoms with Crippen molar-refractivity contribution in [2.75, 3.05) is 13.7 Å². The number of carbonyl (C=O) groups is 1. The Morgan fingerprint density at radius 1 is 1.26 bits per heavy atom. The van der Waals surface area contributed by atoms with Gasteiger partial charge in [0, 0.05) is 0 Å². The molecule has 0 aromatic heterocycles. The molecule has 4 nitrogen and oxygen atoms in total. The van der Waals surface area contributed by atoms with E-state index in [4.69, 9.17) is 21.1 Å². The highest BCUT2D eigenvalue weighted by Gasteiger charge is 2.21. The standard InChI is InChI=1S/C18H19ClO4/c1-3-23-17-8-7-12(10-16(17)19)9-15(18(20)21)13-5-4-6-14(11-13)22-2/h4-8,10-11,15H,3,9H2,1-2H3,(H,20,21). The molecule has 0 fully saturated rings. The molecule has 23 heavy (non-hydrogen) atoms. The van der Waals surface area contributed by atoms with E-state index in [-0.39, 0.29) is 0 Å². The molecule has 0 radical (unpaired) electrons. The van der Waals surface area contributed by atoms with Crippen LogP contribution in [0.1, 0.15) is 24.0 Å². The number of hydrogen-bond donors (Lipinski definition) is 1. The zero-order chi connectivity index (χ0) is 16.8. The second kappa shape index (κ2) is 7.88. The predicted octanol–water partition coefficient (Wildman–Crippen LogP) is 4.16. The van der Waals surface area contributed by atoms with Gasteiger partial charge in [0.05, 0.1) is 24.7 Å². The van der Waals surface area contributed by atoms with E-state index in [2.05, 4.69) is 0 Å². The molecule has 0 aliphatic rings. The Labute approximate surface area is 140 Å². The van der Waals surface area contributed by atoms with E-state index in [1.54, 1.807) is 43.5 Å². The Morgan fingerprint density at radius 3 is 2.65 bits per heavy atom. The summed E-state index contributed by atoms with van der Waals surface area (Å²) in [6.07, 6.45) is 0.342. The van der Waals surface area contributed by atoms with Crippen LogP contribution in [0.15, 0.2) is 42.5 Å². The van der Waals surface area contributed by atoms with Gasteiger partial charge in [0.25, 0.3) is 0 Å². The summed E-state index contributed by atoms with van der Waals surface area (Å²) in [5, 5.41) is 10.0. The number of rotatable bonds is 7. The summed E-state index contributed by atoms with van der Waals surface area (Å²) >= 11 is 6.17. The molecule has 0 aliphatic carbocycles. The minimum Gasteiger partial charge on any atom is -0.497 e. The largest absolute Gasteiger partial charge is 0.497 e. The summed E-state index contributed by atoms with van der Waals surface area (Å²) in [6.45, 7) is 2.41. The molecule has 1 atom stereocenters. The smallest absolute Gasteiger partial charge is 0.311 e. The van der Waals surface area contributed by atoms with Gasteiger partial charge in [-0.25, -0.2) is 0 Å². The van der Waals surface area contributed by atoms with Crippen LogP contribution in [-0.2, 0) is 11.2 Å². The molecule has 1 N–H and O–H groups in total. The van der Waals surface area contributed by atoms with E-state index in [1.807, 2.05) is 13.0 Å². The lowest BCUT2D eigenvalue weighted by Crippen LogP contribution is -2.14. The van der Waals surface area contributed by atoms with Crippen LogP contribution in [-0.4, -0.2) is 24.8 Å². The van der Waals surface area contributed by atoms with E-state index in [0.717, 1.165) is 5.56 Å². The Kier molecular flexibility index (Phi) is 5.88. The number of halogens is 1. The van der Waals surface area contributed by atoms with Crippen molar-refractivity contribution in [2.45, 2.75) is 19.3 Å². The maximum Gasteiger partial charge on any atom is 0.311 e. The van der Waals surface area contributed by atoms with Gasteiger partial charge in [-0.15, -0.1) is 0 Å². The zero-order valence-electron chi connectivity index (χ0n) is 13.1. The monoisotopic (exact) mass is 334 g/mol. The van der Waals surface area contributed by atoms with Crippen molar-refractivity contribution in [3.63, 3.8) is 0 Å². The highest BCUT2D eigenvalue weighted by Crippen LogP contribution is 2.29. The number of methoxy groups -OCH3 is 1. The van der Waals surface area contributed by atoms with Gasteiger partial charge in [0.1, 0.15) is 11.5 Å². The minimum absolute atomic E-state index is 0.342. The number of carboxylic acid groups (broad SMARTS) is 1. The molecule has 2 aromatic carbocycles. The fourth-order valence-electron chi connectivity index (χ4n) is 2.39. The van der Waals surface area contributed by atoms with Crippen molar-refractivity contribution < 1.29 is 19.4 Å². The Hall–Kier alpha value is -2.20. The fraction of sp³-hybridized carbons (Fsp3) is 0.278. The molecule has 122 valence electrons. The Balaban J connectivity index is 2.26. The van der Waals surface area contributed by atoms with Crippen LogP contribution in [0.2, 0.25) is 5.02 Å². The summed E-state index contributed by atoms with van der Waals surface area (Å²) in [7, 11) is 1.56. The molecule has 0 aliphatic heterocycles. The van der Waals surface area contributed by atoms with Gasteiger partial charge in [-0.3, -0.25) is 4.79 Å². The fourth-order valence-corrected chi connectivity index (χ4v) is 2.64. The van der Waals surface area contributed by atoms with Crippen LogP contribution in [0.5, 0.6) is 11.5 Å². The van der Waals surface area contributed by atoms with Crippen molar-refractivity contribution in [2.24, 2.45) is 0 Å². The molecular formula is C18H19ClO4. The Morgan fingerprint density at radius 2 is 2.04 bits per heavy atom. The van der Waals surface area contributed by atoms with Crippen LogP contribution in [0.3, 0.4) is 0 Å². The van der Waals surface area contributed by atoms with Crippen molar-refractivity contribution >= 4 is 17.6 Å². The summed E-state index contributed by atoms with van der Waals surface area (Å²) in [5.74, 6) is -0.313. The van der Waals surface area contributed by atoms with Gasteiger partial charge >= 0.3 is 5.97 Å². The second-order valence-corrected chi connectivity index (χ2v) is 5.48. The van der Waals surface area contributed by atoms with Crippen molar-refractivity contribution in [1.29, 1.82) is 0 Å². The highest BCUT2D eigenvalue weighted by atomic mass is 35.5. The average Bonchev–Trinajstić information content (AvgIpc) is 2.55. The molecule has 0 heterocycles. The number of aliphatic carboxylic acids is 1. The molecule has 0 amide bonds. The third-order valence-corrected chi connectivity index (χ3v) is 3.83. The maximum absolute atomic E-state index is 11.7. The molecule has 0 saturated heterocycles. The molecule has 0 spiro atoms. The summed E-state index contributed by atoms with van der Waals surface area (Å²) in [6, 6.07) is 12.5. The SMILES string of the molecule is CCOc1ccc(CC(C(=O)O)c2cccc(OC)c2)cc1Cl. The van der Waals surface area contributed by atoms with Crippen LogP contribution in [0.4, 0.5) is 0 Å². The predicted molar refractivity (Wildman–Crippen MR) is 89.7 cm³/mol. The first-order valence-corrected chi connectivity index (χ1v) is 7.71. The molecule has 5 heteroatoms.